The molecule has 1 heterocycles. The van der Waals surface area contributed by atoms with Gasteiger partial charge in [0.25, 0.3) is 0 Å². The molecule has 0 radical (unpaired) electrons. The van der Waals surface area contributed by atoms with Crippen LogP contribution in [0.1, 0.15) is 0 Å². The summed E-state index contributed by atoms with van der Waals surface area (Å²) in [7, 11) is 4.79. The van der Waals surface area contributed by atoms with Crippen molar-refractivity contribution >= 4 is 66.6 Å². The van der Waals surface area contributed by atoms with E-state index in [2.05, 4.69) is 36.6 Å². The molecule has 0 saturated heterocycles. The normalized spacial score (nSPS) is 10.7. The molecule has 0 atom stereocenters. The number of nitrogens with one attached hydrogen (secondary N) is 3. The number of hydrogen-bond donors (Lipinski definition) is 3. The van der Waals surface area contributed by atoms with Gasteiger partial charge in [-0.05, 0) is 42.5 Å². The Bertz CT molecular complexity index is 1290. The third-order valence-electron chi connectivity index (χ3n) is 4.93. The first-order valence-corrected chi connectivity index (χ1v) is 10.3. The van der Waals surface area contributed by atoms with Gasteiger partial charge in [0.1, 0.15) is 11.3 Å². The Kier molecular flexibility index (Phi) is 5.81. The maximum Gasteiger partial charge on any atom is 0.411 e. The average molecular weight is 481 g/mol. The molecular weight excluding hydrogens is 460 g/mol. The zero-order valence-electron chi connectivity index (χ0n) is 17.2. The van der Waals surface area contributed by atoms with Gasteiger partial charge in [-0.15, -0.1) is 0 Å². The van der Waals surface area contributed by atoms with Gasteiger partial charge in [-0.3, -0.25) is 5.32 Å². The molecule has 0 unspecified atom stereocenters. The second-order valence-corrected chi connectivity index (χ2v) is 7.67. The summed E-state index contributed by atoms with van der Waals surface area (Å²) < 4.78 is 11.2. The van der Waals surface area contributed by atoms with Crippen LogP contribution >= 0.6 is 15.9 Å². The van der Waals surface area contributed by atoms with E-state index in [1.165, 1.54) is 7.11 Å². The Hall–Kier alpha value is -3.52. The van der Waals surface area contributed by atoms with Crippen LogP contribution < -0.4 is 20.7 Å². The topological polar surface area (TPSA) is 84.5 Å². The fourth-order valence-corrected chi connectivity index (χ4v) is 3.80. The second-order valence-electron chi connectivity index (χ2n) is 6.76. The first kappa shape index (κ1) is 20.7. The van der Waals surface area contributed by atoms with E-state index < -0.39 is 6.09 Å². The number of carbonyl (C=O) groups excluding carboxylic acids is 1. The number of benzene rings is 3. The van der Waals surface area contributed by atoms with Gasteiger partial charge in [-0.25, -0.2) is 9.78 Å². The van der Waals surface area contributed by atoms with Crippen LogP contribution in [0.15, 0.2) is 59.1 Å². The molecule has 1 aromatic heterocycles. The molecule has 0 aliphatic carbocycles. The molecule has 0 aliphatic heterocycles. The van der Waals surface area contributed by atoms with Gasteiger partial charge in [0.2, 0.25) is 0 Å². The molecular formula is C23H21BrN4O3. The SMILES string of the molecule is CNc1cc(NC(=O)OC)ccc1Nc1c2ccc(Br)cc2nc2c(OC)cccc12. The fraction of sp³-hybridized carbons (Fsp3) is 0.130. The molecule has 31 heavy (non-hydrogen) atoms. The molecule has 0 spiro atoms. The van der Waals surface area contributed by atoms with Crippen LogP contribution in [0, 0.1) is 0 Å². The molecule has 3 aromatic carbocycles. The van der Waals surface area contributed by atoms with Gasteiger partial charge in [0.05, 0.1) is 36.8 Å². The molecule has 0 aliphatic rings. The summed E-state index contributed by atoms with van der Waals surface area (Å²) in [4.78, 5) is 16.4. The lowest BCUT2D eigenvalue weighted by Gasteiger charge is -2.18. The lowest BCUT2D eigenvalue weighted by molar-refractivity contribution is 0.187. The minimum atomic E-state index is -0.522. The summed E-state index contributed by atoms with van der Waals surface area (Å²) in [6.45, 7) is 0. The van der Waals surface area contributed by atoms with Crippen LogP contribution in [-0.4, -0.2) is 32.3 Å². The molecule has 3 N–H and O–H groups in total. The smallest absolute Gasteiger partial charge is 0.411 e. The predicted molar refractivity (Wildman–Crippen MR) is 129 cm³/mol. The third kappa shape index (κ3) is 4.06. The maximum absolute atomic E-state index is 11.5. The number of anilines is 4. The van der Waals surface area contributed by atoms with Gasteiger partial charge >= 0.3 is 6.09 Å². The van der Waals surface area contributed by atoms with Crippen molar-refractivity contribution in [3.63, 3.8) is 0 Å². The molecule has 158 valence electrons. The number of carbonyl (C=O) groups is 1. The molecule has 8 heteroatoms. The number of halogens is 1. The Morgan fingerprint density at radius 3 is 2.58 bits per heavy atom. The van der Waals surface area contributed by atoms with E-state index in [1.807, 2.05) is 61.6 Å². The van der Waals surface area contributed by atoms with E-state index in [1.54, 1.807) is 7.11 Å². The molecule has 7 nitrogen and oxygen atoms in total. The van der Waals surface area contributed by atoms with Crippen LogP contribution in [0.2, 0.25) is 0 Å². The number of amides is 1. The van der Waals surface area contributed by atoms with Gasteiger partial charge in [-0.1, -0.05) is 28.1 Å². The van der Waals surface area contributed by atoms with Crippen LogP contribution in [0.5, 0.6) is 5.75 Å². The summed E-state index contributed by atoms with van der Waals surface area (Å²) in [5, 5.41) is 11.3. The highest BCUT2D eigenvalue weighted by Crippen LogP contribution is 2.39. The largest absolute Gasteiger partial charge is 0.494 e. The Morgan fingerprint density at radius 1 is 1.00 bits per heavy atom. The minimum absolute atomic E-state index is 0.522. The van der Waals surface area contributed by atoms with Crippen molar-refractivity contribution in [1.29, 1.82) is 0 Å². The highest BCUT2D eigenvalue weighted by molar-refractivity contribution is 9.10. The van der Waals surface area contributed by atoms with Crippen molar-refractivity contribution in [2.75, 3.05) is 37.2 Å². The van der Waals surface area contributed by atoms with Crippen LogP contribution in [0.4, 0.5) is 27.5 Å². The summed E-state index contributed by atoms with van der Waals surface area (Å²) >= 11 is 3.53. The van der Waals surface area contributed by atoms with Gasteiger partial charge in [0.15, 0.2) is 0 Å². The van der Waals surface area contributed by atoms with Crippen LogP contribution in [0.25, 0.3) is 21.8 Å². The first-order valence-electron chi connectivity index (χ1n) is 9.54. The Morgan fingerprint density at radius 2 is 1.84 bits per heavy atom. The van der Waals surface area contributed by atoms with Crippen LogP contribution in [0.3, 0.4) is 0 Å². The second kappa shape index (κ2) is 8.69. The van der Waals surface area contributed by atoms with E-state index in [4.69, 9.17) is 9.72 Å². The van der Waals surface area contributed by atoms with Gasteiger partial charge in [-0.2, -0.15) is 0 Å². The van der Waals surface area contributed by atoms with Crippen molar-refractivity contribution < 1.29 is 14.3 Å². The quantitative estimate of drug-likeness (QED) is 0.298. The average Bonchev–Trinajstić information content (AvgIpc) is 2.78. The summed E-state index contributed by atoms with van der Waals surface area (Å²) in [5.74, 6) is 0.703. The van der Waals surface area contributed by atoms with Gasteiger partial charge in [0, 0.05) is 28.0 Å². The Balaban J connectivity index is 1.88. The zero-order chi connectivity index (χ0) is 22.0. The zero-order valence-corrected chi connectivity index (χ0v) is 18.8. The number of hydrogen-bond acceptors (Lipinski definition) is 6. The maximum atomic E-state index is 11.5. The van der Waals surface area contributed by atoms with E-state index in [-0.39, 0.29) is 0 Å². The lowest BCUT2D eigenvalue weighted by Crippen LogP contribution is -2.11. The monoisotopic (exact) mass is 480 g/mol. The summed E-state index contributed by atoms with van der Waals surface area (Å²) in [5.41, 5.74) is 4.80. The number of nitrogens with zero attached hydrogens (tertiary/aromatic N) is 1. The molecule has 0 bridgehead atoms. The van der Waals surface area contributed by atoms with Crippen molar-refractivity contribution in [3.05, 3.63) is 59.1 Å². The van der Waals surface area contributed by atoms with Crippen molar-refractivity contribution in [3.8, 4) is 5.75 Å². The van der Waals surface area contributed by atoms with Gasteiger partial charge < -0.3 is 20.1 Å². The number of methoxy groups -OCH3 is 2. The van der Waals surface area contributed by atoms with E-state index in [0.717, 1.165) is 43.3 Å². The highest BCUT2D eigenvalue weighted by Gasteiger charge is 2.15. The molecule has 4 aromatic rings. The molecule has 1 amide bonds. The number of ether oxygens (including phenoxy) is 2. The number of para-hydroxylation sites is 1. The minimum Gasteiger partial charge on any atom is -0.494 e. The number of rotatable bonds is 5. The lowest BCUT2D eigenvalue weighted by atomic mass is 10.1. The van der Waals surface area contributed by atoms with E-state index in [9.17, 15) is 4.79 Å². The van der Waals surface area contributed by atoms with Crippen LogP contribution in [-0.2, 0) is 4.74 Å². The molecule has 0 saturated carbocycles. The summed E-state index contributed by atoms with van der Waals surface area (Å²) in [6, 6.07) is 17.4. The van der Waals surface area contributed by atoms with Crippen molar-refractivity contribution in [1.82, 2.24) is 4.98 Å². The molecule has 0 fully saturated rings. The van der Waals surface area contributed by atoms with E-state index in [0.29, 0.717) is 11.4 Å². The van der Waals surface area contributed by atoms with E-state index >= 15 is 0 Å². The highest BCUT2D eigenvalue weighted by atomic mass is 79.9. The van der Waals surface area contributed by atoms with Crippen molar-refractivity contribution in [2.24, 2.45) is 0 Å². The number of fused-ring (bicyclic) bond motifs is 2. The Labute approximate surface area is 187 Å². The standard InChI is InChI=1S/C23H21BrN4O3/c1-25-19-12-14(26-23(29)31-3)8-10-17(19)27-21-15-9-7-13(24)11-18(15)28-22-16(21)5-4-6-20(22)30-2/h4-12,25H,1-3H3,(H,26,29)(H,27,28). The first-order chi connectivity index (χ1) is 15.0. The number of aromatic nitrogens is 1. The third-order valence-corrected chi connectivity index (χ3v) is 5.42. The summed E-state index contributed by atoms with van der Waals surface area (Å²) in [6.07, 6.45) is -0.522. The number of pyridine rings is 1. The predicted octanol–water partition coefficient (Wildman–Crippen LogP) is 6.12. The van der Waals surface area contributed by atoms with Crippen molar-refractivity contribution in [2.45, 2.75) is 0 Å². The molecule has 4 rings (SSSR count). The fourth-order valence-electron chi connectivity index (χ4n) is 3.45.